The van der Waals surface area contributed by atoms with Crippen molar-refractivity contribution in [3.8, 4) is 0 Å². The van der Waals surface area contributed by atoms with Crippen molar-refractivity contribution in [2.24, 2.45) is 0 Å². The summed E-state index contributed by atoms with van der Waals surface area (Å²) in [6.45, 7) is 0. The molecule has 0 aromatic heterocycles. The molecule has 2 N–H and O–H groups in total. The average molecular weight is 212 g/mol. The zero-order valence-electron chi connectivity index (χ0n) is 5.97. The van der Waals surface area contributed by atoms with E-state index in [0.717, 1.165) is 0 Å². The fraction of sp³-hybridized carbons (Fsp3) is 1.00. The molecule has 0 bridgehead atoms. The molecule has 0 aromatic carbocycles. The van der Waals surface area contributed by atoms with Crippen molar-refractivity contribution < 1.29 is 36.6 Å². The molecule has 4 atom stereocenters. The fourth-order valence-corrected chi connectivity index (χ4v) is 0.506. The van der Waals surface area contributed by atoms with Crippen LogP contribution < -0.4 is 0 Å². The van der Waals surface area contributed by atoms with Gasteiger partial charge in [-0.3, -0.25) is 0 Å². The Balaban J connectivity index is 4.34. The van der Waals surface area contributed by atoms with Gasteiger partial charge in [0.05, 0.1) is 0 Å². The van der Waals surface area contributed by atoms with Gasteiger partial charge in [-0.1, -0.05) is 0 Å². The maximum absolute atomic E-state index is 12.2. The Labute approximate surface area is 68.8 Å². The molecular weight excluding hydrogens is 206 g/mol. The number of hydrogen-bond acceptors (Lipinski definition) is 2. The van der Waals surface area contributed by atoms with Crippen LogP contribution >= 0.6 is 0 Å². The third kappa shape index (κ3) is 3.39. The highest BCUT2D eigenvalue weighted by Crippen LogP contribution is 2.27. The molecule has 0 fully saturated rings. The van der Waals surface area contributed by atoms with E-state index in [1.54, 1.807) is 0 Å². The van der Waals surface area contributed by atoms with Gasteiger partial charge < -0.3 is 10.2 Å². The third-order valence-electron chi connectivity index (χ3n) is 1.20. The standard InChI is InChI=1S/C5H6F6O2/c6-1(2(7)4(8)13)3(12)5(9,10)11/h1-4,12-13H. The normalized spacial score (nSPS) is 22.2. The van der Waals surface area contributed by atoms with Crippen molar-refractivity contribution in [2.75, 3.05) is 0 Å². The maximum atomic E-state index is 12.2. The van der Waals surface area contributed by atoms with E-state index in [4.69, 9.17) is 10.2 Å². The topological polar surface area (TPSA) is 40.5 Å². The van der Waals surface area contributed by atoms with Crippen molar-refractivity contribution in [1.82, 2.24) is 0 Å². The predicted molar refractivity (Wildman–Crippen MR) is 29.0 cm³/mol. The van der Waals surface area contributed by atoms with Crippen LogP contribution in [0.1, 0.15) is 0 Å². The minimum Gasteiger partial charge on any atom is -0.381 e. The van der Waals surface area contributed by atoms with E-state index in [1.807, 2.05) is 0 Å². The third-order valence-corrected chi connectivity index (χ3v) is 1.20. The Morgan fingerprint density at radius 1 is 0.846 bits per heavy atom. The molecule has 0 rings (SSSR count). The SMILES string of the molecule is OC(F)C(F)C(F)C(O)C(F)(F)F. The van der Waals surface area contributed by atoms with Crippen LogP contribution in [0.15, 0.2) is 0 Å². The van der Waals surface area contributed by atoms with Crippen LogP contribution in [0.3, 0.4) is 0 Å². The van der Waals surface area contributed by atoms with E-state index in [-0.39, 0.29) is 0 Å². The summed E-state index contributed by atoms with van der Waals surface area (Å²) in [5.74, 6) is 0. The van der Waals surface area contributed by atoms with Crippen LogP contribution in [0.4, 0.5) is 26.3 Å². The van der Waals surface area contributed by atoms with Crippen LogP contribution in [0.2, 0.25) is 0 Å². The van der Waals surface area contributed by atoms with Crippen LogP contribution in [0.5, 0.6) is 0 Å². The Bertz CT molecular complexity index is 158. The Morgan fingerprint density at radius 3 is 1.46 bits per heavy atom. The maximum Gasteiger partial charge on any atom is 0.417 e. The summed E-state index contributed by atoms with van der Waals surface area (Å²) in [5.41, 5.74) is 0. The smallest absolute Gasteiger partial charge is 0.381 e. The fourth-order valence-electron chi connectivity index (χ4n) is 0.506. The lowest BCUT2D eigenvalue weighted by atomic mass is 10.1. The average Bonchev–Trinajstić information content (AvgIpc) is 1.98. The van der Waals surface area contributed by atoms with Crippen molar-refractivity contribution in [3.05, 3.63) is 0 Å². The predicted octanol–water partition coefficient (Wildman–Crippen LogP) is 0.874. The summed E-state index contributed by atoms with van der Waals surface area (Å²) in [4.78, 5) is 0. The van der Waals surface area contributed by atoms with Gasteiger partial charge in [0.15, 0.2) is 18.4 Å². The van der Waals surface area contributed by atoms with Crippen molar-refractivity contribution in [2.45, 2.75) is 31.0 Å². The molecule has 0 spiro atoms. The van der Waals surface area contributed by atoms with Gasteiger partial charge in [-0.2, -0.15) is 13.2 Å². The van der Waals surface area contributed by atoms with E-state index in [2.05, 4.69) is 0 Å². The number of aliphatic hydroxyl groups is 2. The van der Waals surface area contributed by atoms with Crippen molar-refractivity contribution in [3.63, 3.8) is 0 Å². The summed E-state index contributed by atoms with van der Waals surface area (Å²) in [5, 5.41) is 15.8. The second-order valence-electron chi connectivity index (χ2n) is 2.25. The second kappa shape index (κ2) is 4.14. The van der Waals surface area contributed by atoms with Gasteiger partial charge in [0.2, 0.25) is 6.36 Å². The molecule has 4 unspecified atom stereocenters. The van der Waals surface area contributed by atoms with Gasteiger partial charge in [0, 0.05) is 0 Å². The van der Waals surface area contributed by atoms with E-state index in [9.17, 15) is 26.3 Å². The lowest BCUT2D eigenvalue weighted by Gasteiger charge is -2.21. The first-order valence-electron chi connectivity index (χ1n) is 3.03. The van der Waals surface area contributed by atoms with E-state index >= 15 is 0 Å². The molecule has 0 saturated heterocycles. The van der Waals surface area contributed by atoms with E-state index in [0.29, 0.717) is 0 Å². The summed E-state index contributed by atoms with van der Waals surface area (Å²) < 4.78 is 70.2. The van der Waals surface area contributed by atoms with Crippen LogP contribution in [-0.4, -0.2) is 41.2 Å². The first-order chi connectivity index (χ1) is 5.68. The van der Waals surface area contributed by atoms with E-state index < -0.39 is 31.0 Å². The summed E-state index contributed by atoms with van der Waals surface area (Å²) >= 11 is 0. The highest BCUT2D eigenvalue weighted by Gasteiger charge is 2.49. The highest BCUT2D eigenvalue weighted by atomic mass is 19.4. The molecule has 2 nitrogen and oxygen atoms in total. The monoisotopic (exact) mass is 212 g/mol. The number of halogens is 6. The molecule has 0 aliphatic rings. The van der Waals surface area contributed by atoms with Gasteiger partial charge in [-0.25, -0.2) is 13.2 Å². The first kappa shape index (κ1) is 12.5. The van der Waals surface area contributed by atoms with Gasteiger partial charge in [0.1, 0.15) is 0 Å². The zero-order valence-corrected chi connectivity index (χ0v) is 5.97. The molecule has 0 radical (unpaired) electrons. The van der Waals surface area contributed by atoms with Crippen LogP contribution in [0, 0.1) is 0 Å². The molecule has 0 heterocycles. The molecule has 0 saturated carbocycles. The van der Waals surface area contributed by atoms with Crippen LogP contribution in [0.25, 0.3) is 0 Å². The number of rotatable bonds is 3. The quantitative estimate of drug-likeness (QED) is 0.681. The Morgan fingerprint density at radius 2 is 1.23 bits per heavy atom. The number of alkyl halides is 6. The molecular formula is C5H6F6O2. The zero-order chi connectivity index (χ0) is 10.8. The summed E-state index contributed by atoms with van der Waals surface area (Å²) in [6, 6.07) is 0. The number of hydrogen-bond donors (Lipinski definition) is 2. The molecule has 0 amide bonds. The number of aliphatic hydroxyl groups excluding tert-OH is 2. The van der Waals surface area contributed by atoms with Crippen molar-refractivity contribution in [1.29, 1.82) is 0 Å². The minimum absolute atomic E-state index is 3.40. The van der Waals surface area contributed by atoms with E-state index in [1.165, 1.54) is 0 Å². The summed E-state index contributed by atoms with van der Waals surface area (Å²) in [7, 11) is 0. The molecule has 13 heavy (non-hydrogen) atoms. The lowest BCUT2D eigenvalue weighted by molar-refractivity contribution is -0.233. The second-order valence-corrected chi connectivity index (χ2v) is 2.25. The highest BCUT2D eigenvalue weighted by molar-refractivity contribution is 4.82. The molecule has 80 valence electrons. The summed E-state index contributed by atoms with van der Waals surface area (Å²) in [6.07, 6.45) is -19.4. The Hall–Kier alpha value is -0.500. The Kier molecular flexibility index (Phi) is 3.98. The van der Waals surface area contributed by atoms with Gasteiger partial charge in [-0.15, -0.1) is 0 Å². The molecule has 0 aliphatic heterocycles. The minimum atomic E-state index is -5.39. The van der Waals surface area contributed by atoms with Gasteiger partial charge >= 0.3 is 6.18 Å². The molecule has 8 heteroatoms. The molecule has 0 aromatic rings. The van der Waals surface area contributed by atoms with Gasteiger partial charge in [0.25, 0.3) is 0 Å². The largest absolute Gasteiger partial charge is 0.417 e. The molecule has 0 aliphatic carbocycles. The van der Waals surface area contributed by atoms with Gasteiger partial charge in [-0.05, 0) is 0 Å². The first-order valence-corrected chi connectivity index (χ1v) is 3.03. The van der Waals surface area contributed by atoms with Crippen LogP contribution in [-0.2, 0) is 0 Å². The lowest BCUT2D eigenvalue weighted by Crippen LogP contribution is -2.45. The van der Waals surface area contributed by atoms with Crippen molar-refractivity contribution >= 4 is 0 Å².